The second kappa shape index (κ2) is 10.1. The molecule has 0 aliphatic heterocycles. The molecular formula is C24H32N2O2. The van der Waals surface area contributed by atoms with E-state index in [4.69, 9.17) is 0 Å². The topological polar surface area (TPSA) is 49.4 Å². The van der Waals surface area contributed by atoms with Crippen LogP contribution >= 0.6 is 0 Å². The third-order valence-corrected chi connectivity index (χ3v) is 5.00. The minimum Gasteiger partial charge on any atom is -0.354 e. The Bertz CT molecular complexity index is 829. The van der Waals surface area contributed by atoms with Crippen LogP contribution < -0.4 is 5.32 Å². The lowest BCUT2D eigenvalue weighted by Crippen LogP contribution is -2.48. The van der Waals surface area contributed by atoms with Gasteiger partial charge in [-0.25, -0.2) is 0 Å². The Balaban J connectivity index is 2.26. The first-order valence-electron chi connectivity index (χ1n) is 10.0. The van der Waals surface area contributed by atoms with Gasteiger partial charge in [0.25, 0.3) is 0 Å². The van der Waals surface area contributed by atoms with E-state index in [-0.39, 0.29) is 11.8 Å². The molecule has 2 aromatic carbocycles. The van der Waals surface area contributed by atoms with Crippen LogP contribution in [0, 0.1) is 20.8 Å². The first kappa shape index (κ1) is 21.7. The fourth-order valence-electron chi connectivity index (χ4n) is 3.24. The Morgan fingerprint density at radius 1 is 1.04 bits per heavy atom. The summed E-state index contributed by atoms with van der Waals surface area (Å²) >= 11 is 0. The second-order valence-electron chi connectivity index (χ2n) is 7.58. The average Bonchev–Trinajstić information content (AvgIpc) is 2.66. The van der Waals surface area contributed by atoms with E-state index in [9.17, 15) is 9.59 Å². The summed E-state index contributed by atoms with van der Waals surface area (Å²) in [6, 6.07) is 13.7. The summed E-state index contributed by atoms with van der Waals surface area (Å²) in [4.78, 5) is 27.5. The quantitative estimate of drug-likeness (QED) is 0.750. The van der Waals surface area contributed by atoms with E-state index in [0.717, 1.165) is 34.2 Å². The maximum absolute atomic E-state index is 13.2. The van der Waals surface area contributed by atoms with E-state index in [1.807, 2.05) is 58.9 Å². The zero-order valence-electron chi connectivity index (χ0n) is 17.7. The maximum atomic E-state index is 13.2. The highest BCUT2D eigenvalue weighted by Crippen LogP contribution is 2.16. The zero-order valence-corrected chi connectivity index (χ0v) is 17.7. The van der Waals surface area contributed by atoms with Gasteiger partial charge in [0, 0.05) is 13.1 Å². The Hall–Kier alpha value is -2.62. The monoisotopic (exact) mass is 380 g/mol. The highest BCUT2D eigenvalue weighted by molar-refractivity contribution is 5.88. The molecule has 0 fully saturated rings. The van der Waals surface area contributed by atoms with Gasteiger partial charge in [0.2, 0.25) is 11.8 Å². The van der Waals surface area contributed by atoms with Crippen molar-refractivity contribution in [3.63, 3.8) is 0 Å². The highest BCUT2D eigenvalue weighted by atomic mass is 16.2. The number of carbonyl (C=O) groups excluding carboxylic acids is 2. The van der Waals surface area contributed by atoms with Crippen LogP contribution in [-0.4, -0.2) is 29.3 Å². The molecule has 150 valence electrons. The van der Waals surface area contributed by atoms with Crippen LogP contribution in [-0.2, 0) is 22.6 Å². The van der Waals surface area contributed by atoms with Gasteiger partial charge in [-0.1, -0.05) is 60.5 Å². The molecule has 0 bridgehead atoms. The van der Waals surface area contributed by atoms with Crippen molar-refractivity contribution in [1.29, 1.82) is 0 Å². The molecule has 0 aliphatic carbocycles. The summed E-state index contributed by atoms with van der Waals surface area (Å²) in [6.45, 7) is 10.9. The minimum absolute atomic E-state index is 0.0330. The fourth-order valence-corrected chi connectivity index (χ4v) is 3.24. The number of hydrogen-bond donors (Lipinski definition) is 1. The van der Waals surface area contributed by atoms with E-state index in [0.29, 0.717) is 19.5 Å². The van der Waals surface area contributed by atoms with Crippen molar-refractivity contribution in [2.24, 2.45) is 0 Å². The van der Waals surface area contributed by atoms with Crippen LogP contribution in [0.2, 0.25) is 0 Å². The summed E-state index contributed by atoms with van der Waals surface area (Å²) in [5.41, 5.74) is 5.41. The van der Waals surface area contributed by atoms with Gasteiger partial charge in [-0.3, -0.25) is 9.59 Å². The standard InChI is InChI=1S/C24H32N2O2/c1-6-12-25-24(28)20(5)26(16-21-9-7-8-17(2)13-21)23(27)15-22-14-18(3)10-11-19(22)4/h7-11,13-14,20H,6,12,15-16H2,1-5H3,(H,25,28)/t20-/m0/s1. The van der Waals surface area contributed by atoms with Gasteiger partial charge in [0.05, 0.1) is 6.42 Å². The Kier molecular flexibility index (Phi) is 7.80. The van der Waals surface area contributed by atoms with Gasteiger partial charge in [-0.2, -0.15) is 0 Å². The van der Waals surface area contributed by atoms with Crippen molar-refractivity contribution in [3.8, 4) is 0 Å². The van der Waals surface area contributed by atoms with E-state index in [1.54, 1.807) is 4.90 Å². The van der Waals surface area contributed by atoms with Crippen LogP contribution in [0.4, 0.5) is 0 Å². The molecule has 28 heavy (non-hydrogen) atoms. The van der Waals surface area contributed by atoms with Crippen molar-refractivity contribution in [1.82, 2.24) is 10.2 Å². The normalized spacial score (nSPS) is 11.8. The molecule has 0 saturated heterocycles. The Labute approximate surface area is 169 Å². The number of carbonyl (C=O) groups is 2. The molecule has 0 radical (unpaired) electrons. The first-order valence-corrected chi connectivity index (χ1v) is 10.0. The number of benzene rings is 2. The van der Waals surface area contributed by atoms with Crippen LogP contribution in [0.15, 0.2) is 42.5 Å². The predicted molar refractivity (Wildman–Crippen MR) is 114 cm³/mol. The Morgan fingerprint density at radius 2 is 1.75 bits per heavy atom. The van der Waals surface area contributed by atoms with Crippen molar-refractivity contribution < 1.29 is 9.59 Å². The van der Waals surface area contributed by atoms with Gasteiger partial charge in [0.1, 0.15) is 6.04 Å². The molecule has 0 aromatic heterocycles. The molecule has 4 heteroatoms. The third kappa shape index (κ3) is 5.95. The Morgan fingerprint density at radius 3 is 2.43 bits per heavy atom. The largest absolute Gasteiger partial charge is 0.354 e. The summed E-state index contributed by atoms with van der Waals surface area (Å²) in [6.07, 6.45) is 1.16. The van der Waals surface area contributed by atoms with Gasteiger partial charge >= 0.3 is 0 Å². The molecule has 0 heterocycles. The van der Waals surface area contributed by atoms with Crippen molar-refractivity contribution >= 4 is 11.8 Å². The summed E-state index contributed by atoms with van der Waals surface area (Å²) in [5.74, 6) is -0.141. The molecule has 2 amide bonds. The number of nitrogens with one attached hydrogen (secondary N) is 1. The average molecular weight is 381 g/mol. The molecular weight excluding hydrogens is 348 g/mol. The number of hydrogen-bond acceptors (Lipinski definition) is 2. The number of amides is 2. The third-order valence-electron chi connectivity index (χ3n) is 5.00. The van der Waals surface area contributed by atoms with E-state index >= 15 is 0 Å². The summed E-state index contributed by atoms with van der Waals surface area (Å²) < 4.78 is 0. The van der Waals surface area contributed by atoms with E-state index < -0.39 is 6.04 Å². The summed E-state index contributed by atoms with van der Waals surface area (Å²) in [7, 11) is 0. The predicted octanol–water partition coefficient (Wildman–Crippen LogP) is 4.10. The lowest BCUT2D eigenvalue weighted by atomic mass is 10.0. The first-order chi connectivity index (χ1) is 13.3. The van der Waals surface area contributed by atoms with Crippen LogP contribution in [0.3, 0.4) is 0 Å². The number of nitrogens with zero attached hydrogens (tertiary/aromatic N) is 1. The van der Waals surface area contributed by atoms with Crippen LogP contribution in [0.5, 0.6) is 0 Å². The molecule has 1 atom stereocenters. The minimum atomic E-state index is -0.523. The van der Waals surface area contributed by atoms with Gasteiger partial charge in [-0.05, 0) is 50.8 Å². The molecule has 1 N–H and O–H groups in total. The molecule has 0 spiro atoms. The van der Waals surface area contributed by atoms with E-state index in [2.05, 4.69) is 23.5 Å². The van der Waals surface area contributed by atoms with Gasteiger partial charge in [-0.15, -0.1) is 0 Å². The SMILES string of the molecule is CCCNC(=O)[C@H](C)N(Cc1cccc(C)c1)C(=O)Cc1cc(C)ccc1C. The molecule has 0 unspecified atom stereocenters. The summed E-state index contributed by atoms with van der Waals surface area (Å²) in [5, 5.41) is 2.92. The smallest absolute Gasteiger partial charge is 0.242 e. The van der Waals surface area contributed by atoms with Crippen molar-refractivity contribution in [2.45, 2.75) is 60.0 Å². The molecule has 4 nitrogen and oxygen atoms in total. The van der Waals surface area contributed by atoms with Crippen LogP contribution in [0.1, 0.15) is 48.1 Å². The van der Waals surface area contributed by atoms with Gasteiger partial charge < -0.3 is 10.2 Å². The highest BCUT2D eigenvalue weighted by Gasteiger charge is 2.26. The number of aryl methyl sites for hydroxylation is 3. The molecule has 0 saturated carbocycles. The van der Waals surface area contributed by atoms with Crippen LogP contribution in [0.25, 0.3) is 0 Å². The van der Waals surface area contributed by atoms with E-state index in [1.165, 1.54) is 0 Å². The zero-order chi connectivity index (χ0) is 20.7. The van der Waals surface area contributed by atoms with Crippen molar-refractivity contribution in [2.75, 3.05) is 6.54 Å². The lowest BCUT2D eigenvalue weighted by Gasteiger charge is -2.29. The maximum Gasteiger partial charge on any atom is 0.242 e. The molecule has 0 aliphatic rings. The number of rotatable bonds is 8. The second-order valence-corrected chi connectivity index (χ2v) is 7.58. The van der Waals surface area contributed by atoms with Crippen molar-refractivity contribution in [3.05, 3.63) is 70.3 Å². The fraction of sp³-hybridized carbons (Fsp3) is 0.417. The lowest BCUT2D eigenvalue weighted by molar-refractivity contribution is -0.140. The van der Waals surface area contributed by atoms with Gasteiger partial charge in [0.15, 0.2) is 0 Å². The molecule has 2 rings (SSSR count). The molecule has 2 aromatic rings.